The zero-order valence-electron chi connectivity index (χ0n) is 63.4. The molecule has 0 bridgehead atoms. The lowest BCUT2D eigenvalue weighted by molar-refractivity contribution is -0.111. The number of carbonyl (C=O) groups is 4. The summed E-state index contributed by atoms with van der Waals surface area (Å²) in [5.74, 6) is 0.172. The first kappa shape index (κ1) is 79.1. The molecule has 9 aromatic rings. The average molecular weight is 1530 g/mol. The van der Waals surface area contributed by atoms with E-state index in [9.17, 15) is 32.3 Å². The zero-order chi connectivity index (χ0) is 78.4. The van der Waals surface area contributed by atoms with E-state index in [1.165, 1.54) is 94.6 Å². The van der Waals surface area contributed by atoms with E-state index in [0.717, 1.165) is 38.4 Å². The van der Waals surface area contributed by atoms with Gasteiger partial charge in [-0.2, -0.15) is 21.6 Å². The third-order valence-electron chi connectivity index (χ3n) is 22.4. The van der Waals surface area contributed by atoms with Crippen molar-refractivity contribution >= 4 is 34.7 Å². The van der Waals surface area contributed by atoms with E-state index < -0.39 is 21.7 Å². The summed E-state index contributed by atoms with van der Waals surface area (Å²) in [5, 5.41) is 8.52. The minimum absolute atomic E-state index is 0.0198. The Bertz CT molecular complexity index is 4600. The molecule has 3 saturated heterocycles. The van der Waals surface area contributed by atoms with E-state index in [0.29, 0.717) is 52.5 Å². The van der Waals surface area contributed by atoms with Crippen molar-refractivity contribution in [2.45, 2.75) is 134 Å². The van der Waals surface area contributed by atoms with Crippen molar-refractivity contribution in [2.24, 2.45) is 16.2 Å². The fourth-order valence-corrected chi connectivity index (χ4v) is 17.5. The van der Waals surface area contributed by atoms with Crippen molar-refractivity contribution in [3.05, 3.63) is 286 Å². The van der Waals surface area contributed by atoms with Gasteiger partial charge in [-0.15, -0.1) is 0 Å². The lowest BCUT2D eigenvalue weighted by atomic mass is 9.86. The molecule has 0 spiro atoms. The SMILES string of the molecule is CC1(C)C[C@H](C=O)N(C(=O)OCC2c3ccccc3-c3ccccc32)C1.CC1(C)C[C@H]([C@@H]2OCCc3ccccc32)N(C(=O)OCC2c3ccccc3-c3ccccc32)C1.CC1(C)C[C@H]([C@H]2OCCc3ccccc32)N(C(=O)OCC2c3ccccc3-c3ccccc32)C1.O=S(=O)(O)C(F)(F)F.OCCc1ccccc1. The summed E-state index contributed by atoms with van der Waals surface area (Å²) in [6.07, 6.45) is 4.88. The van der Waals surface area contributed by atoms with Crippen LogP contribution in [0.5, 0.6) is 0 Å². The van der Waals surface area contributed by atoms with Gasteiger partial charge in [0.05, 0.1) is 31.3 Å². The number of aldehydes is 1. The maximum Gasteiger partial charge on any atom is 0.522 e. The highest BCUT2D eigenvalue weighted by atomic mass is 32.2. The topological polar surface area (TPSA) is 199 Å². The van der Waals surface area contributed by atoms with Gasteiger partial charge in [-0.05, 0) is 149 Å². The molecule has 17 rings (SSSR count). The highest BCUT2D eigenvalue weighted by Crippen LogP contribution is 2.50. The van der Waals surface area contributed by atoms with Crippen LogP contribution in [0.15, 0.2) is 224 Å². The Balaban J connectivity index is 0.000000133. The van der Waals surface area contributed by atoms with Crippen LogP contribution in [-0.4, -0.2) is 140 Å². The van der Waals surface area contributed by atoms with Crippen LogP contribution < -0.4 is 0 Å². The first-order valence-electron chi connectivity index (χ1n) is 38.1. The highest BCUT2D eigenvalue weighted by molar-refractivity contribution is 7.86. The average Bonchev–Trinajstić information content (AvgIpc) is 1.63. The molecule has 9 aromatic carbocycles. The summed E-state index contributed by atoms with van der Waals surface area (Å²) in [6.45, 7) is 17.6. The molecule has 2 N–H and O–H groups in total. The van der Waals surface area contributed by atoms with Crippen LogP contribution in [0.1, 0.15) is 152 Å². The van der Waals surface area contributed by atoms with Gasteiger partial charge in [-0.1, -0.05) is 266 Å². The highest BCUT2D eigenvalue weighted by Gasteiger charge is 2.50. The van der Waals surface area contributed by atoms with E-state index in [4.69, 9.17) is 41.8 Å². The Morgan fingerprint density at radius 2 is 0.721 bits per heavy atom. The van der Waals surface area contributed by atoms with Gasteiger partial charge in [0.2, 0.25) is 0 Å². The van der Waals surface area contributed by atoms with E-state index in [2.05, 4.69) is 211 Å². The van der Waals surface area contributed by atoms with Crippen LogP contribution in [0.25, 0.3) is 33.4 Å². The molecule has 16 nitrogen and oxygen atoms in total. The summed E-state index contributed by atoms with van der Waals surface area (Å²) in [5.41, 5.74) is 15.4. The zero-order valence-corrected chi connectivity index (χ0v) is 64.3. The maximum absolute atomic E-state index is 13.5. The van der Waals surface area contributed by atoms with Gasteiger partial charge in [0, 0.05) is 44.0 Å². The van der Waals surface area contributed by atoms with Gasteiger partial charge in [0.25, 0.3) is 0 Å². The molecule has 3 aliphatic carbocycles. The fraction of sp³-hybridized carbons (Fsp3) is 0.363. The number of alkyl halides is 3. The lowest BCUT2D eigenvalue weighted by Gasteiger charge is -2.35. The van der Waals surface area contributed by atoms with Crippen LogP contribution in [0.3, 0.4) is 0 Å². The number of hydrogen-bond donors (Lipinski definition) is 2. The molecule has 3 fully saturated rings. The van der Waals surface area contributed by atoms with Gasteiger partial charge in [0.15, 0.2) is 0 Å². The summed E-state index contributed by atoms with van der Waals surface area (Å²) < 4.78 is 87.9. The number of benzene rings is 9. The maximum atomic E-state index is 13.5. The first-order chi connectivity index (χ1) is 53.2. The number of aliphatic hydroxyl groups excluding tert-OH is 1. The minimum atomic E-state index is -5.84. The monoisotopic (exact) mass is 1530 g/mol. The van der Waals surface area contributed by atoms with Crippen molar-refractivity contribution in [3.8, 4) is 33.4 Å². The Hall–Kier alpha value is -9.96. The molecule has 5 atom stereocenters. The number of halogens is 3. The van der Waals surface area contributed by atoms with Gasteiger partial charge in [-0.25, -0.2) is 14.4 Å². The predicted molar refractivity (Wildman–Crippen MR) is 420 cm³/mol. The quantitative estimate of drug-likeness (QED) is 0.0537. The van der Waals surface area contributed by atoms with E-state index in [1.807, 2.05) is 64.4 Å². The van der Waals surface area contributed by atoms with E-state index in [-0.39, 0.29) is 89.7 Å². The smallest absolute Gasteiger partial charge is 0.448 e. The second-order valence-corrected chi connectivity index (χ2v) is 33.5. The molecule has 580 valence electrons. The van der Waals surface area contributed by atoms with E-state index in [1.54, 1.807) is 4.90 Å². The number of hydrogen-bond acceptors (Lipinski definition) is 12. The van der Waals surface area contributed by atoms with Crippen LogP contribution in [0, 0.1) is 16.2 Å². The second-order valence-electron chi connectivity index (χ2n) is 32.1. The number of carbonyl (C=O) groups excluding carboxylic acids is 4. The number of fused-ring (bicyclic) bond motifs is 11. The molecule has 111 heavy (non-hydrogen) atoms. The van der Waals surface area contributed by atoms with Crippen molar-refractivity contribution < 1.29 is 74.1 Å². The Labute approximate surface area is 648 Å². The Morgan fingerprint density at radius 3 is 1.04 bits per heavy atom. The van der Waals surface area contributed by atoms with Crippen molar-refractivity contribution in [1.82, 2.24) is 14.7 Å². The Morgan fingerprint density at radius 1 is 0.441 bits per heavy atom. The fourth-order valence-electron chi connectivity index (χ4n) is 17.5. The summed E-state index contributed by atoms with van der Waals surface area (Å²) in [6, 6.07) is 76.8. The van der Waals surface area contributed by atoms with Crippen LogP contribution in [0.2, 0.25) is 0 Å². The first-order valence-corrected chi connectivity index (χ1v) is 39.5. The molecule has 5 heterocycles. The molecule has 0 aromatic heterocycles. The third kappa shape index (κ3) is 17.7. The summed E-state index contributed by atoms with van der Waals surface area (Å²) in [4.78, 5) is 56.5. The van der Waals surface area contributed by atoms with Crippen LogP contribution in [-0.2, 0) is 57.9 Å². The molecule has 5 aliphatic heterocycles. The van der Waals surface area contributed by atoms with E-state index >= 15 is 0 Å². The number of aliphatic hydroxyl groups is 1. The lowest BCUT2D eigenvalue weighted by Crippen LogP contribution is -2.42. The number of likely N-dealkylation sites (tertiary alicyclic amines) is 3. The molecular weight excluding hydrogens is 1430 g/mol. The van der Waals surface area contributed by atoms with Crippen LogP contribution >= 0.6 is 0 Å². The summed E-state index contributed by atoms with van der Waals surface area (Å²) in [7, 11) is -5.84. The standard InChI is InChI=1S/2C30H31NO3.C22H23NO3.C8H10O.CHF3O3S/c2*1-30(2)17-27(28-21-10-4-3-9-20(21)15-16-33-28)31(19-30)29(32)34-18-26-24-13-7-5-11-22(24)23-12-6-8-14-25(23)26;1-22(2)11-15(12-24)23(14-22)21(25)26-13-20-18-9-5-3-7-16(18)17-8-4-6-10-19(17)20;9-7-6-8-4-2-1-3-5-8;2-1(3,4)8(5,6)7/h2*3-14,26-28H,15-19H2,1-2H3;3-10,12,15,20H,11,13-14H2,1-2H3;1-5,9H,6-7H2;(H,5,6,7)/t27-,28+;27-,28-;15-;;/m111../s1. The van der Waals surface area contributed by atoms with Crippen molar-refractivity contribution in [3.63, 3.8) is 0 Å². The van der Waals surface area contributed by atoms with Gasteiger partial charge in [0.1, 0.15) is 38.3 Å². The molecule has 0 unspecified atom stereocenters. The van der Waals surface area contributed by atoms with Gasteiger partial charge in [-0.3, -0.25) is 9.45 Å². The molecule has 3 amide bonds. The van der Waals surface area contributed by atoms with Crippen molar-refractivity contribution in [1.29, 1.82) is 0 Å². The summed E-state index contributed by atoms with van der Waals surface area (Å²) >= 11 is 0. The number of nitrogens with zero attached hydrogens (tertiary/aromatic N) is 3. The second kappa shape index (κ2) is 33.5. The number of ether oxygens (including phenoxy) is 5. The van der Waals surface area contributed by atoms with Crippen LogP contribution in [0.4, 0.5) is 27.6 Å². The molecule has 0 saturated carbocycles. The van der Waals surface area contributed by atoms with Gasteiger partial charge < -0.3 is 43.4 Å². The molecule has 20 heteroatoms. The number of rotatable bonds is 11. The number of amides is 3. The minimum Gasteiger partial charge on any atom is -0.448 e. The van der Waals surface area contributed by atoms with Gasteiger partial charge >= 0.3 is 33.9 Å². The normalized spacial score (nSPS) is 20.5. The molecule has 0 radical (unpaired) electrons. The largest absolute Gasteiger partial charge is 0.522 e. The molecule has 8 aliphatic rings. The predicted octanol–water partition coefficient (Wildman–Crippen LogP) is 18.6. The molecular formula is C91H96F3N3O13S. The van der Waals surface area contributed by atoms with Crippen molar-refractivity contribution in [2.75, 3.05) is 59.3 Å². The third-order valence-corrected chi connectivity index (χ3v) is 23.0. The Kier molecular flexibility index (Phi) is 23.9.